The molecule has 5 rings (SSSR count). The molecule has 0 saturated carbocycles. The molecule has 30 heavy (non-hydrogen) atoms. The lowest BCUT2D eigenvalue weighted by molar-refractivity contribution is 0.628. The molecule has 0 saturated heterocycles. The second-order valence-electron chi connectivity index (χ2n) is 6.96. The maximum Gasteiger partial charge on any atom is 0.162 e. The van der Waals surface area contributed by atoms with Gasteiger partial charge in [0.15, 0.2) is 11.5 Å². The van der Waals surface area contributed by atoms with E-state index in [0.29, 0.717) is 33.8 Å². The molecule has 3 aromatic heterocycles. The summed E-state index contributed by atoms with van der Waals surface area (Å²) in [4.78, 5) is 20.3. The number of nitrogens with one attached hydrogen (secondary N) is 2. The number of aromatic nitrogens is 5. The van der Waals surface area contributed by atoms with Gasteiger partial charge in [0, 0.05) is 22.6 Å². The van der Waals surface area contributed by atoms with Gasteiger partial charge in [-0.3, -0.25) is 0 Å². The Labute approximate surface area is 170 Å². The highest BCUT2D eigenvalue weighted by molar-refractivity contribution is 5.85. The zero-order valence-corrected chi connectivity index (χ0v) is 15.9. The fourth-order valence-corrected chi connectivity index (χ4v) is 3.51. The van der Waals surface area contributed by atoms with Gasteiger partial charge in [0.1, 0.15) is 23.5 Å². The molecule has 1 atom stereocenters. The highest BCUT2D eigenvalue weighted by atomic mass is 19.1. The van der Waals surface area contributed by atoms with E-state index in [1.807, 2.05) is 13.0 Å². The molecule has 0 aliphatic rings. The fraction of sp³-hybridized carbons (Fsp3) is 0.0909. The van der Waals surface area contributed by atoms with Crippen LogP contribution in [-0.2, 0) is 0 Å². The number of nitrogens with zero attached hydrogens (tertiary/aromatic N) is 4. The summed E-state index contributed by atoms with van der Waals surface area (Å²) in [7, 11) is 0. The van der Waals surface area contributed by atoms with E-state index in [0.717, 1.165) is 10.9 Å². The molecule has 1 unspecified atom stereocenters. The molecule has 3 heterocycles. The van der Waals surface area contributed by atoms with Crippen LogP contribution in [0.25, 0.3) is 33.3 Å². The van der Waals surface area contributed by atoms with E-state index in [2.05, 4.69) is 30.2 Å². The maximum absolute atomic E-state index is 13.9. The van der Waals surface area contributed by atoms with Gasteiger partial charge in [-0.25, -0.2) is 28.7 Å². The standard InChI is InChI=1S/C22H16F2N6/c1-12(29-22-20-21(26-10-25-20)27-11-28-22)17-8-13-5-6-16(24)9-18(13)30-19(17)14-3-2-4-15(23)7-14/h2-12H,1H3,(H2,25,26,27,28,29). The third-order valence-corrected chi connectivity index (χ3v) is 4.94. The Kier molecular flexibility index (Phi) is 4.31. The third-order valence-electron chi connectivity index (χ3n) is 4.94. The minimum atomic E-state index is -0.374. The maximum atomic E-state index is 13.9. The van der Waals surface area contributed by atoms with Gasteiger partial charge in [-0.05, 0) is 37.3 Å². The Bertz CT molecular complexity index is 1380. The molecule has 148 valence electrons. The van der Waals surface area contributed by atoms with Crippen LogP contribution >= 0.6 is 0 Å². The van der Waals surface area contributed by atoms with E-state index < -0.39 is 0 Å². The molecule has 8 heteroatoms. The lowest BCUT2D eigenvalue weighted by Gasteiger charge is -2.19. The third kappa shape index (κ3) is 3.22. The van der Waals surface area contributed by atoms with E-state index in [4.69, 9.17) is 0 Å². The second kappa shape index (κ2) is 7.14. The van der Waals surface area contributed by atoms with Gasteiger partial charge in [-0.2, -0.15) is 0 Å². The number of hydrogen-bond donors (Lipinski definition) is 2. The molecule has 0 amide bonds. The molecule has 6 nitrogen and oxygen atoms in total. The van der Waals surface area contributed by atoms with Gasteiger partial charge in [0.05, 0.1) is 23.6 Å². The number of aromatic amines is 1. The number of hydrogen-bond acceptors (Lipinski definition) is 5. The van der Waals surface area contributed by atoms with Crippen molar-refractivity contribution in [3.05, 3.63) is 78.4 Å². The van der Waals surface area contributed by atoms with Gasteiger partial charge in [-0.15, -0.1) is 0 Å². The molecule has 0 aliphatic heterocycles. The van der Waals surface area contributed by atoms with Crippen LogP contribution in [-0.4, -0.2) is 24.9 Å². The Balaban J connectivity index is 1.65. The molecule has 2 N–H and O–H groups in total. The number of anilines is 1. The van der Waals surface area contributed by atoms with Crippen LogP contribution in [0.3, 0.4) is 0 Å². The first kappa shape index (κ1) is 18.1. The second-order valence-corrected chi connectivity index (χ2v) is 6.96. The SMILES string of the molecule is CC(Nc1ncnc2[nH]cnc12)c1cc2ccc(F)cc2nc1-c1cccc(F)c1. The number of rotatable bonds is 4. The number of fused-ring (bicyclic) bond motifs is 2. The molecule has 0 spiro atoms. The van der Waals surface area contributed by atoms with Gasteiger partial charge < -0.3 is 10.3 Å². The van der Waals surface area contributed by atoms with E-state index >= 15 is 0 Å². The van der Waals surface area contributed by atoms with Crippen molar-refractivity contribution in [1.29, 1.82) is 0 Å². The minimum absolute atomic E-state index is 0.250. The van der Waals surface area contributed by atoms with Crippen LogP contribution in [0.4, 0.5) is 14.6 Å². The summed E-state index contributed by atoms with van der Waals surface area (Å²) in [6, 6.07) is 12.3. The quantitative estimate of drug-likeness (QED) is 0.441. The molecule has 0 radical (unpaired) electrons. The van der Waals surface area contributed by atoms with E-state index in [9.17, 15) is 8.78 Å². The molecule has 5 aromatic rings. The zero-order valence-electron chi connectivity index (χ0n) is 15.9. The minimum Gasteiger partial charge on any atom is -0.362 e. The van der Waals surface area contributed by atoms with Crippen LogP contribution in [0.15, 0.2) is 61.2 Å². The first-order valence-electron chi connectivity index (χ1n) is 9.35. The Morgan fingerprint density at radius 2 is 1.83 bits per heavy atom. The van der Waals surface area contributed by atoms with Crippen molar-refractivity contribution in [1.82, 2.24) is 24.9 Å². The highest BCUT2D eigenvalue weighted by Gasteiger charge is 2.18. The first-order valence-corrected chi connectivity index (χ1v) is 9.35. The predicted octanol–water partition coefficient (Wildman–Crippen LogP) is 5.02. The lowest BCUT2D eigenvalue weighted by atomic mass is 9.98. The molecular weight excluding hydrogens is 386 g/mol. The number of imidazole rings is 1. The fourth-order valence-electron chi connectivity index (χ4n) is 3.51. The van der Waals surface area contributed by atoms with Crippen molar-refractivity contribution in [2.75, 3.05) is 5.32 Å². The Morgan fingerprint density at radius 3 is 2.70 bits per heavy atom. The van der Waals surface area contributed by atoms with Crippen LogP contribution in [0.2, 0.25) is 0 Å². The molecule has 0 fully saturated rings. The predicted molar refractivity (Wildman–Crippen MR) is 111 cm³/mol. The van der Waals surface area contributed by atoms with Crippen molar-refractivity contribution in [3.63, 3.8) is 0 Å². The number of halogens is 2. The molecule has 0 bridgehead atoms. The molecule has 2 aromatic carbocycles. The van der Waals surface area contributed by atoms with Gasteiger partial charge in [0.2, 0.25) is 0 Å². The molecular formula is C22H16F2N6. The Hall–Kier alpha value is -3.94. The number of pyridine rings is 1. The monoisotopic (exact) mass is 402 g/mol. The topological polar surface area (TPSA) is 79.4 Å². The summed E-state index contributed by atoms with van der Waals surface area (Å²) >= 11 is 0. The van der Waals surface area contributed by atoms with Crippen LogP contribution < -0.4 is 5.32 Å². The lowest BCUT2D eigenvalue weighted by Crippen LogP contribution is -2.11. The normalized spacial score (nSPS) is 12.4. The van der Waals surface area contributed by atoms with E-state index in [1.165, 1.54) is 30.6 Å². The summed E-state index contributed by atoms with van der Waals surface area (Å²) in [6.07, 6.45) is 3.00. The van der Waals surface area contributed by atoms with Crippen molar-refractivity contribution in [2.45, 2.75) is 13.0 Å². The van der Waals surface area contributed by atoms with Gasteiger partial charge in [-0.1, -0.05) is 12.1 Å². The molecule has 0 aliphatic carbocycles. The number of benzene rings is 2. The highest BCUT2D eigenvalue weighted by Crippen LogP contribution is 2.32. The van der Waals surface area contributed by atoms with E-state index in [1.54, 1.807) is 24.5 Å². The number of H-pyrrole nitrogens is 1. The van der Waals surface area contributed by atoms with Crippen molar-refractivity contribution >= 4 is 27.9 Å². The summed E-state index contributed by atoms with van der Waals surface area (Å²) < 4.78 is 27.7. The van der Waals surface area contributed by atoms with Crippen molar-refractivity contribution in [3.8, 4) is 11.3 Å². The summed E-state index contributed by atoms with van der Waals surface area (Å²) in [5, 5.41) is 4.13. The van der Waals surface area contributed by atoms with Gasteiger partial charge >= 0.3 is 0 Å². The summed E-state index contributed by atoms with van der Waals surface area (Å²) in [5.41, 5.74) is 3.74. The summed E-state index contributed by atoms with van der Waals surface area (Å²) in [5.74, 6) is -0.173. The van der Waals surface area contributed by atoms with Crippen LogP contribution in [0, 0.1) is 11.6 Å². The average molecular weight is 402 g/mol. The Morgan fingerprint density at radius 1 is 0.967 bits per heavy atom. The van der Waals surface area contributed by atoms with Crippen molar-refractivity contribution in [2.24, 2.45) is 0 Å². The van der Waals surface area contributed by atoms with Crippen LogP contribution in [0.1, 0.15) is 18.5 Å². The smallest absolute Gasteiger partial charge is 0.162 e. The van der Waals surface area contributed by atoms with Crippen LogP contribution in [0.5, 0.6) is 0 Å². The van der Waals surface area contributed by atoms with Gasteiger partial charge in [0.25, 0.3) is 0 Å². The van der Waals surface area contributed by atoms with Crippen molar-refractivity contribution < 1.29 is 8.78 Å². The van der Waals surface area contributed by atoms with E-state index in [-0.39, 0.29) is 17.7 Å². The zero-order chi connectivity index (χ0) is 20.7. The largest absolute Gasteiger partial charge is 0.362 e. The first-order chi connectivity index (χ1) is 14.6. The average Bonchev–Trinajstić information content (AvgIpc) is 3.22. The summed E-state index contributed by atoms with van der Waals surface area (Å²) in [6.45, 7) is 1.95.